The third-order valence-corrected chi connectivity index (χ3v) is 3.86. The minimum Gasteiger partial charge on any atom is -0.497 e. The van der Waals surface area contributed by atoms with Crippen molar-refractivity contribution in [1.29, 1.82) is 0 Å². The SMILES string of the molecule is COc1ccc(Br)c(C(=O)Nc2ccc(Br)cc2N)c1. The fraction of sp³-hybridized carbons (Fsp3) is 0.0714. The Hall–Kier alpha value is -1.53. The Labute approximate surface area is 133 Å². The van der Waals surface area contributed by atoms with E-state index in [-0.39, 0.29) is 5.91 Å². The molecule has 0 aliphatic rings. The van der Waals surface area contributed by atoms with E-state index in [0.717, 1.165) is 4.47 Å². The van der Waals surface area contributed by atoms with E-state index in [1.807, 2.05) is 6.07 Å². The summed E-state index contributed by atoms with van der Waals surface area (Å²) in [5.74, 6) is 0.354. The topological polar surface area (TPSA) is 64.3 Å². The summed E-state index contributed by atoms with van der Waals surface area (Å²) in [5.41, 5.74) is 7.39. The summed E-state index contributed by atoms with van der Waals surface area (Å²) in [4.78, 5) is 12.3. The first-order chi connectivity index (χ1) is 9.51. The first kappa shape index (κ1) is 14.9. The molecule has 0 aliphatic heterocycles. The fourth-order valence-corrected chi connectivity index (χ4v) is 2.45. The van der Waals surface area contributed by atoms with E-state index in [0.29, 0.717) is 27.2 Å². The highest BCUT2D eigenvalue weighted by Crippen LogP contribution is 2.26. The van der Waals surface area contributed by atoms with Crippen molar-refractivity contribution in [3.05, 3.63) is 50.9 Å². The smallest absolute Gasteiger partial charge is 0.257 e. The van der Waals surface area contributed by atoms with Crippen LogP contribution >= 0.6 is 31.9 Å². The van der Waals surface area contributed by atoms with Gasteiger partial charge in [-0.3, -0.25) is 4.79 Å². The molecule has 6 heteroatoms. The Kier molecular flexibility index (Phi) is 4.67. The van der Waals surface area contributed by atoms with Crippen LogP contribution in [0.5, 0.6) is 5.75 Å². The number of hydrogen-bond donors (Lipinski definition) is 2. The lowest BCUT2D eigenvalue weighted by Crippen LogP contribution is -2.14. The molecule has 4 nitrogen and oxygen atoms in total. The van der Waals surface area contributed by atoms with Crippen LogP contribution < -0.4 is 15.8 Å². The predicted molar refractivity (Wildman–Crippen MR) is 87.2 cm³/mol. The summed E-state index contributed by atoms with van der Waals surface area (Å²) in [7, 11) is 1.55. The summed E-state index contributed by atoms with van der Waals surface area (Å²) in [5, 5.41) is 2.78. The third-order valence-electron chi connectivity index (χ3n) is 2.68. The lowest BCUT2D eigenvalue weighted by atomic mass is 10.2. The van der Waals surface area contributed by atoms with Crippen molar-refractivity contribution in [3.63, 3.8) is 0 Å². The summed E-state index contributed by atoms with van der Waals surface area (Å²) in [6, 6.07) is 10.5. The molecule has 3 N–H and O–H groups in total. The van der Waals surface area contributed by atoms with Crippen LogP contribution in [-0.2, 0) is 0 Å². The van der Waals surface area contributed by atoms with Crippen molar-refractivity contribution < 1.29 is 9.53 Å². The average Bonchev–Trinajstić information content (AvgIpc) is 2.42. The molecule has 104 valence electrons. The first-order valence-electron chi connectivity index (χ1n) is 5.71. The number of anilines is 2. The van der Waals surface area contributed by atoms with Gasteiger partial charge in [0.15, 0.2) is 0 Å². The maximum absolute atomic E-state index is 12.3. The molecule has 0 saturated carbocycles. The van der Waals surface area contributed by atoms with Crippen molar-refractivity contribution in [2.45, 2.75) is 0 Å². The number of nitrogens with one attached hydrogen (secondary N) is 1. The van der Waals surface area contributed by atoms with Crippen LogP contribution in [0.1, 0.15) is 10.4 Å². The van der Waals surface area contributed by atoms with Crippen LogP contribution in [0.4, 0.5) is 11.4 Å². The van der Waals surface area contributed by atoms with Crippen molar-refractivity contribution >= 4 is 49.1 Å². The third kappa shape index (κ3) is 3.32. The van der Waals surface area contributed by atoms with Crippen molar-refractivity contribution in [2.24, 2.45) is 0 Å². The lowest BCUT2D eigenvalue weighted by molar-refractivity contribution is 0.102. The summed E-state index contributed by atoms with van der Waals surface area (Å²) < 4.78 is 6.66. The molecule has 0 unspecified atom stereocenters. The number of carbonyl (C=O) groups is 1. The van der Waals surface area contributed by atoms with E-state index in [1.54, 1.807) is 37.4 Å². The van der Waals surface area contributed by atoms with Gasteiger partial charge < -0.3 is 15.8 Å². The molecule has 20 heavy (non-hydrogen) atoms. The van der Waals surface area contributed by atoms with Crippen molar-refractivity contribution in [1.82, 2.24) is 0 Å². The molecule has 0 saturated heterocycles. The Bertz CT molecular complexity index is 660. The minimum absolute atomic E-state index is 0.259. The van der Waals surface area contributed by atoms with Crippen LogP contribution in [0, 0.1) is 0 Å². The molecule has 1 amide bonds. The zero-order valence-corrected chi connectivity index (χ0v) is 13.8. The predicted octanol–water partition coefficient (Wildman–Crippen LogP) is 4.05. The van der Waals surface area contributed by atoms with Gasteiger partial charge in [0.05, 0.1) is 24.0 Å². The van der Waals surface area contributed by atoms with Crippen LogP contribution in [0.2, 0.25) is 0 Å². The Balaban J connectivity index is 2.28. The van der Waals surface area contributed by atoms with Crippen LogP contribution in [0.15, 0.2) is 45.3 Å². The van der Waals surface area contributed by atoms with Crippen LogP contribution in [-0.4, -0.2) is 13.0 Å². The first-order valence-corrected chi connectivity index (χ1v) is 7.30. The van der Waals surface area contributed by atoms with Gasteiger partial charge >= 0.3 is 0 Å². The monoisotopic (exact) mass is 398 g/mol. The van der Waals surface area contributed by atoms with E-state index in [1.165, 1.54) is 0 Å². The highest BCUT2D eigenvalue weighted by Gasteiger charge is 2.13. The van der Waals surface area contributed by atoms with E-state index in [9.17, 15) is 4.79 Å². The highest BCUT2D eigenvalue weighted by molar-refractivity contribution is 9.10. The summed E-state index contributed by atoms with van der Waals surface area (Å²) >= 11 is 6.67. The molecule has 0 bridgehead atoms. The molecule has 0 aliphatic carbocycles. The van der Waals surface area contributed by atoms with Gasteiger partial charge in [-0.1, -0.05) is 15.9 Å². The molecule has 0 aromatic heterocycles. The van der Waals surface area contributed by atoms with Gasteiger partial charge in [0.2, 0.25) is 0 Å². The number of carbonyl (C=O) groups excluding carboxylic acids is 1. The number of nitrogens with two attached hydrogens (primary N) is 1. The number of rotatable bonds is 3. The molecule has 2 aromatic carbocycles. The maximum atomic E-state index is 12.3. The fourth-order valence-electron chi connectivity index (χ4n) is 1.64. The molecule has 0 heterocycles. The summed E-state index contributed by atoms with van der Waals surface area (Å²) in [6.07, 6.45) is 0. The van der Waals surface area contributed by atoms with Crippen molar-refractivity contribution in [2.75, 3.05) is 18.2 Å². The standard InChI is InChI=1S/C14H12Br2N2O2/c1-20-9-3-4-11(16)10(7-9)14(19)18-13-5-2-8(15)6-12(13)17/h2-7H,17H2,1H3,(H,18,19). The number of ether oxygens (including phenoxy) is 1. The highest BCUT2D eigenvalue weighted by atomic mass is 79.9. The van der Waals surface area contributed by atoms with Crippen LogP contribution in [0.25, 0.3) is 0 Å². The largest absolute Gasteiger partial charge is 0.497 e. The number of benzene rings is 2. The zero-order valence-electron chi connectivity index (χ0n) is 10.6. The van der Waals surface area contributed by atoms with Gasteiger partial charge in [0, 0.05) is 8.95 Å². The molecule has 0 spiro atoms. The maximum Gasteiger partial charge on any atom is 0.257 e. The Morgan fingerprint density at radius 1 is 1.20 bits per heavy atom. The number of hydrogen-bond acceptors (Lipinski definition) is 3. The molecule has 0 atom stereocenters. The van der Waals surface area contributed by atoms with E-state index < -0.39 is 0 Å². The zero-order chi connectivity index (χ0) is 14.7. The normalized spacial score (nSPS) is 10.2. The molecule has 0 fully saturated rings. The van der Waals surface area contributed by atoms with Crippen LogP contribution in [0.3, 0.4) is 0 Å². The summed E-state index contributed by atoms with van der Waals surface area (Å²) in [6.45, 7) is 0. The van der Waals surface area contributed by atoms with E-state index >= 15 is 0 Å². The second-order valence-electron chi connectivity index (χ2n) is 4.03. The van der Waals surface area contributed by atoms with Gasteiger partial charge in [-0.15, -0.1) is 0 Å². The number of methoxy groups -OCH3 is 1. The average molecular weight is 400 g/mol. The minimum atomic E-state index is -0.259. The quantitative estimate of drug-likeness (QED) is 0.765. The van der Waals surface area contributed by atoms with Gasteiger partial charge in [0.25, 0.3) is 5.91 Å². The van der Waals surface area contributed by atoms with E-state index in [2.05, 4.69) is 37.2 Å². The number of halogens is 2. The van der Waals surface area contributed by atoms with E-state index in [4.69, 9.17) is 10.5 Å². The number of nitrogen functional groups attached to an aromatic ring is 1. The number of amides is 1. The Morgan fingerprint density at radius 3 is 2.60 bits per heavy atom. The molecular weight excluding hydrogens is 388 g/mol. The van der Waals surface area contributed by atoms with Gasteiger partial charge in [-0.2, -0.15) is 0 Å². The van der Waals surface area contributed by atoms with Crippen molar-refractivity contribution in [3.8, 4) is 5.75 Å². The molecule has 0 radical (unpaired) electrons. The molecule has 2 rings (SSSR count). The molecule has 2 aromatic rings. The van der Waals surface area contributed by atoms with Gasteiger partial charge in [0.1, 0.15) is 5.75 Å². The lowest BCUT2D eigenvalue weighted by Gasteiger charge is -2.10. The molecular formula is C14H12Br2N2O2. The second-order valence-corrected chi connectivity index (χ2v) is 5.80. The Morgan fingerprint density at radius 2 is 1.95 bits per heavy atom. The second kappa shape index (κ2) is 6.28. The van der Waals surface area contributed by atoms with Gasteiger partial charge in [-0.25, -0.2) is 0 Å². The van der Waals surface area contributed by atoms with Gasteiger partial charge in [-0.05, 0) is 52.3 Å².